The first-order chi connectivity index (χ1) is 57.0. The molecule has 0 saturated heterocycles. The van der Waals surface area contributed by atoms with E-state index in [2.05, 4.69) is 192 Å². The average molecular weight is 2410 g/mol. The van der Waals surface area contributed by atoms with Crippen molar-refractivity contribution in [2.24, 2.45) is 28.1 Å². The molecule has 8 N–H and O–H groups in total. The molecule has 16 nitrogen and oxygen atoms in total. The normalized spacial score (nSPS) is 12.7. The van der Waals surface area contributed by atoms with Gasteiger partial charge in [0.1, 0.15) is 25.3 Å². The molecular weight excluding hydrogens is 2270 g/mol. The molecular formula is C105H134Ir4N8O8-4. The van der Waals surface area contributed by atoms with E-state index in [0.29, 0.717) is 25.7 Å². The van der Waals surface area contributed by atoms with E-state index in [1.807, 2.05) is 211 Å². The molecule has 682 valence electrons. The Morgan fingerprint density at radius 3 is 0.592 bits per heavy atom. The second-order valence-corrected chi connectivity index (χ2v) is 35.1. The third kappa shape index (κ3) is 40.3. The molecule has 12 aromatic rings. The number of hydrogen-bond acceptors (Lipinski definition) is 16. The number of aromatic nitrogens is 8. The zero-order chi connectivity index (χ0) is 89.9. The Kier molecular flexibility index (Phi) is 52.9. The van der Waals surface area contributed by atoms with Crippen LogP contribution >= 0.6 is 0 Å². The number of aryl methyl sites for hydroxylation is 8. The van der Waals surface area contributed by atoms with Gasteiger partial charge < -0.3 is 40.9 Å². The monoisotopic (exact) mass is 2410 g/mol. The molecule has 125 heavy (non-hydrogen) atoms. The van der Waals surface area contributed by atoms with Gasteiger partial charge in [0.2, 0.25) is 0 Å². The Morgan fingerprint density at radius 2 is 0.440 bits per heavy atom. The molecule has 8 unspecified atom stereocenters. The number of aliphatic hydroxyl groups excluding tert-OH is 8. The largest absolute Gasteiger partial charge is 0.393 e. The quantitative estimate of drug-likeness (QED) is 0.0371. The second-order valence-electron chi connectivity index (χ2n) is 35.1. The van der Waals surface area contributed by atoms with Crippen LogP contribution in [-0.4, -0.2) is 130 Å². The van der Waals surface area contributed by atoms with Crippen molar-refractivity contribution < 1.29 is 121 Å². The van der Waals surface area contributed by atoms with Crippen LogP contribution in [0.2, 0.25) is 0 Å². The first-order valence-corrected chi connectivity index (χ1v) is 41.9. The minimum Gasteiger partial charge on any atom is -0.393 e. The van der Waals surface area contributed by atoms with Crippen molar-refractivity contribution in [3.05, 3.63) is 288 Å². The van der Waals surface area contributed by atoms with Crippen molar-refractivity contribution in [1.29, 1.82) is 0 Å². The maximum atomic E-state index is 9.76. The Labute approximate surface area is 801 Å². The average Bonchev–Trinajstić information content (AvgIpc) is 0.825. The summed E-state index contributed by atoms with van der Waals surface area (Å²) >= 11 is 0. The fourth-order valence-electron chi connectivity index (χ4n) is 12.5. The number of nitrogens with zero attached hydrogens (tertiary/aromatic N) is 8. The zero-order valence-electron chi connectivity index (χ0n) is 77.4. The van der Waals surface area contributed by atoms with Crippen molar-refractivity contribution in [3.8, 4) is 90.1 Å². The Hall–Kier alpha value is -7.64. The van der Waals surface area contributed by atoms with Crippen LogP contribution in [0.1, 0.15) is 181 Å². The molecule has 0 fully saturated rings. The molecule has 20 heteroatoms. The third-order valence-corrected chi connectivity index (χ3v) is 20.3. The van der Waals surface area contributed by atoms with Gasteiger partial charge in [-0.3, -0.25) is 19.9 Å². The van der Waals surface area contributed by atoms with Crippen molar-refractivity contribution in [2.45, 2.75) is 241 Å². The third-order valence-electron chi connectivity index (χ3n) is 20.3. The van der Waals surface area contributed by atoms with Gasteiger partial charge >= 0.3 is 0 Å². The first-order valence-electron chi connectivity index (χ1n) is 41.9. The van der Waals surface area contributed by atoms with Crippen LogP contribution in [0.4, 0.5) is 0 Å². The maximum Gasteiger partial charge on any atom is 0.106 e. The van der Waals surface area contributed by atoms with Crippen LogP contribution in [0, 0.1) is 108 Å². The van der Waals surface area contributed by atoms with E-state index in [1.54, 1.807) is 46.1 Å². The van der Waals surface area contributed by atoms with Gasteiger partial charge in [-0.25, -0.2) is 19.9 Å². The number of rotatable bonds is 18. The predicted molar refractivity (Wildman–Crippen MR) is 496 cm³/mol. The molecule has 0 aliphatic heterocycles. The summed E-state index contributed by atoms with van der Waals surface area (Å²) in [6, 6.07) is 77.5. The van der Waals surface area contributed by atoms with E-state index in [9.17, 15) is 25.5 Å². The van der Waals surface area contributed by atoms with Crippen LogP contribution in [0.5, 0.6) is 0 Å². The molecule has 12 rings (SSSR count). The van der Waals surface area contributed by atoms with Gasteiger partial charge in [-0.05, 0) is 191 Å². The summed E-state index contributed by atoms with van der Waals surface area (Å²) in [4.78, 5) is 35.1. The van der Waals surface area contributed by atoms with Gasteiger partial charge in [0, 0.05) is 109 Å². The Morgan fingerprint density at radius 1 is 0.248 bits per heavy atom. The van der Waals surface area contributed by atoms with Gasteiger partial charge in [-0.15, -0.1) is 144 Å². The van der Waals surface area contributed by atoms with Gasteiger partial charge in [-0.1, -0.05) is 187 Å². The Bertz CT molecular complexity index is 4370. The van der Waals surface area contributed by atoms with E-state index < -0.39 is 24.4 Å². The summed E-state index contributed by atoms with van der Waals surface area (Å²) in [6.45, 7) is 47.5. The van der Waals surface area contributed by atoms with E-state index >= 15 is 0 Å². The van der Waals surface area contributed by atoms with Crippen LogP contribution in [0.3, 0.4) is 0 Å². The fourth-order valence-corrected chi connectivity index (χ4v) is 12.5. The van der Waals surface area contributed by atoms with Gasteiger partial charge in [0.15, 0.2) is 0 Å². The molecule has 0 spiro atoms. The van der Waals surface area contributed by atoms with E-state index in [-0.39, 0.29) is 133 Å². The Balaban J connectivity index is 0.000000726. The van der Waals surface area contributed by atoms with Crippen LogP contribution < -0.4 is 0 Å². The number of aliphatic hydroxyl groups is 8. The van der Waals surface area contributed by atoms with Crippen molar-refractivity contribution in [3.63, 3.8) is 0 Å². The topological polar surface area (TPSA) is 265 Å². The summed E-state index contributed by atoms with van der Waals surface area (Å²) in [5, 5.41) is 73.7. The molecule has 4 heterocycles. The molecule has 0 bridgehead atoms. The van der Waals surface area contributed by atoms with Gasteiger partial charge in [0.25, 0.3) is 0 Å². The minimum absolute atomic E-state index is 0. The predicted octanol–water partition coefficient (Wildman–Crippen LogP) is 21.8. The van der Waals surface area contributed by atoms with Gasteiger partial charge in [-0.2, -0.15) is 0 Å². The van der Waals surface area contributed by atoms with E-state index in [1.165, 1.54) is 66.8 Å². The minimum atomic E-state index is -0.443. The zero-order valence-corrected chi connectivity index (χ0v) is 87.0. The maximum absolute atomic E-state index is 9.76. The van der Waals surface area contributed by atoms with Crippen LogP contribution in [-0.2, 0) is 80.4 Å². The smallest absolute Gasteiger partial charge is 0.106 e. The number of benzene rings is 8. The summed E-state index contributed by atoms with van der Waals surface area (Å²) in [6.07, 6.45) is 5.18. The van der Waals surface area contributed by atoms with Crippen LogP contribution in [0.15, 0.2) is 219 Å². The standard InChI is InChI=1S/4C18H15N2.C11H24O2.C9H20O2.C8H18O2.C5H12O2.4Ir/c4*1-13-7-6-8-14(2)18(13)17-11-16(19-12-20-17)15-9-4-3-5-10-15;1-10(2,3)8(12)7-9(13)11(4,5)6;1-6(2)8(10)5-9(11)7(3)4;1-6(9)5-7(10)8(2,3)4;1-4(6)3-5(2)7;;;;/h4*3-9,11-12H,1-2H3;8-9,12-13H,7H2,1-6H3;6-11H,5H2,1-4H3;6-7,9-10H,5H2,1-4H3;4-7H,3H2,1-2H3;;;;/q4*-1;;;;;;;;. The van der Waals surface area contributed by atoms with Gasteiger partial charge in [0.05, 0.1) is 71.6 Å². The van der Waals surface area contributed by atoms with Crippen LogP contribution in [0.25, 0.3) is 90.1 Å². The van der Waals surface area contributed by atoms with Crippen molar-refractivity contribution >= 4 is 0 Å². The summed E-state index contributed by atoms with van der Waals surface area (Å²) in [7, 11) is 0. The van der Waals surface area contributed by atoms with Crippen molar-refractivity contribution in [1.82, 2.24) is 39.9 Å². The molecule has 8 aromatic carbocycles. The first kappa shape index (κ1) is 115. The van der Waals surface area contributed by atoms with E-state index in [0.717, 1.165) is 67.8 Å². The SMILES string of the molecule is CC(C)(C)C(O)CC(O)C(C)(C)C.CC(C)C(O)CC(O)C(C)C.CC(O)CC(C)O.CC(O)CC(O)C(C)(C)C.Cc1cccc(C)c1-c1cc(-c2[c-]cccc2)ncn1.Cc1cccc(C)c1-c1cc(-c2[c-]cccc2)ncn1.Cc1cccc(C)c1-c1cc(-c2[c-]cccc2)ncn1.Cc1cccc(C)c1-c1cc(-c2[c-]cccc2)ncn1.[Ir].[Ir].[Ir].[Ir]. The molecule has 0 saturated carbocycles. The summed E-state index contributed by atoms with van der Waals surface area (Å²) in [5.74, 6) is 0.479. The molecule has 0 amide bonds. The summed E-state index contributed by atoms with van der Waals surface area (Å²) in [5.41, 5.74) is 25.6. The molecule has 0 aliphatic carbocycles. The fraction of sp³-hybridized carbons (Fsp3) is 0.390. The van der Waals surface area contributed by atoms with E-state index in [4.69, 9.17) is 15.3 Å². The molecule has 0 aliphatic rings. The van der Waals surface area contributed by atoms with Crippen molar-refractivity contribution in [2.75, 3.05) is 0 Å². The molecule has 4 radical (unpaired) electrons. The molecule has 4 aromatic heterocycles. The number of hydrogen-bond donors (Lipinski definition) is 8. The summed E-state index contributed by atoms with van der Waals surface area (Å²) < 4.78 is 0. The second kappa shape index (κ2) is 57.3. The molecule has 8 atom stereocenters.